The molecule has 1 aromatic carbocycles. The Morgan fingerprint density at radius 1 is 1.35 bits per heavy atom. The number of primary sulfonamides is 1. The van der Waals surface area contributed by atoms with Crippen molar-refractivity contribution in [3.63, 3.8) is 0 Å². The number of nitrogens with zero attached hydrogens (tertiary/aromatic N) is 3. The Balaban J connectivity index is 2.32. The van der Waals surface area contributed by atoms with E-state index in [-0.39, 0.29) is 18.0 Å². The average molecular weight is 297 g/mol. The molecule has 0 saturated heterocycles. The number of non-ortho nitro benzene ring substituents is 1. The molecule has 0 unspecified atom stereocenters. The highest BCUT2D eigenvalue weighted by atomic mass is 32.2. The van der Waals surface area contributed by atoms with E-state index in [2.05, 4.69) is 15.3 Å². The zero-order valence-electron chi connectivity index (χ0n) is 10.2. The van der Waals surface area contributed by atoms with Gasteiger partial charge in [-0.3, -0.25) is 10.1 Å². The quantitative estimate of drug-likeness (QED) is 0.594. The summed E-state index contributed by atoms with van der Waals surface area (Å²) in [5.74, 6) is 0.0512. The van der Waals surface area contributed by atoms with Crippen LogP contribution < -0.4 is 10.5 Å². The molecule has 0 saturated carbocycles. The molecule has 1 heterocycles. The zero-order valence-corrected chi connectivity index (χ0v) is 11.0. The van der Waals surface area contributed by atoms with Crippen LogP contribution in [0.25, 0.3) is 10.9 Å². The number of hydrogen-bond donors (Lipinski definition) is 2. The van der Waals surface area contributed by atoms with Gasteiger partial charge in [0.2, 0.25) is 10.0 Å². The third-order valence-corrected chi connectivity index (χ3v) is 3.28. The van der Waals surface area contributed by atoms with Crippen molar-refractivity contribution in [2.24, 2.45) is 5.14 Å². The molecule has 0 aliphatic carbocycles. The van der Waals surface area contributed by atoms with E-state index in [9.17, 15) is 18.5 Å². The Hall–Kier alpha value is -2.33. The van der Waals surface area contributed by atoms with Gasteiger partial charge >= 0.3 is 0 Å². The second-order valence-corrected chi connectivity index (χ2v) is 5.71. The lowest BCUT2D eigenvalue weighted by atomic mass is 10.2. The van der Waals surface area contributed by atoms with Crippen molar-refractivity contribution in [1.29, 1.82) is 0 Å². The van der Waals surface area contributed by atoms with Crippen LogP contribution in [0, 0.1) is 10.1 Å². The third kappa shape index (κ3) is 3.36. The summed E-state index contributed by atoms with van der Waals surface area (Å²) in [6.45, 7) is 0.0492. The Labute approximate surface area is 114 Å². The van der Waals surface area contributed by atoms with Gasteiger partial charge in [0, 0.05) is 24.1 Å². The lowest BCUT2D eigenvalue weighted by molar-refractivity contribution is -0.384. The van der Waals surface area contributed by atoms with Crippen LogP contribution in [0.3, 0.4) is 0 Å². The summed E-state index contributed by atoms with van der Waals surface area (Å²) in [7, 11) is -3.58. The van der Waals surface area contributed by atoms with Crippen molar-refractivity contribution in [2.45, 2.75) is 0 Å². The number of benzene rings is 1. The second kappa shape index (κ2) is 5.35. The maximum atomic E-state index is 10.8. The summed E-state index contributed by atoms with van der Waals surface area (Å²) in [4.78, 5) is 18.2. The van der Waals surface area contributed by atoms with Crippen LogP contribution in [-0.2, 0) is 10.0 Å². The van der Waals surface area contributed by atoms with Crippen LogP contribution >= 0.6 is 0 Å². The zero-order chi connectivity index (χ0) is 14.8. The molecule has 0 bridgehead atoms. The maximum absolute atomic E-state index is 10.8. The maximum Gasteiger partial charge on any atom is 0.270 e. The summed E-state index contributed by atoms with van der Waals surface area (Å²) in [5, 5.41) is 18.9. The predicted octanol–water partition coefficient (Wildman–Crippen LogP) is 0.238. The third-order valence-electron chi connectivity index (χ3n) is 2.51. The number of rotatable bonds is 5. The van der Waals surface area contributed by atoms with E-state index in [1.165, 1.54) is 24.5 Å². The van der Waals surface area contributed by atoms with E-state index < -0.39 is 14.9 Å². The van der Waals surface area contributed by atoms with E-state index in [1.54, 1.807) is 0 Å². The molecular formula is C10H11N5O4S. The summed E-state index contributed by atoms with van der Waals surface area (Å²) in [5.41, 5.74) is 0.422. The molecular weight excluding hydrogens is 286 g/mol. The van der Waals surface area contributed by atoms with Gasteiger partial charge in [-0.25, -0.2) is 23.5 Å². The van der Waals surface area contributed by atoms with E-state index in [1.807, 2.05) is 0 Å². The molecule has 0 fully saturated rings. The number of anilines is 1. The van der Waals surface area contributed by atoms with E-state index in [4.69, 9.17) is 5.14 Å². The van der Waals surface area contributed by atoms with E-state index in [0.29, 0.717) is 16.7 Å². The standard InChI is InChI=1S/C10H11N5O4S/c11-20(18,19)4-3-12-10-8-5-7(15(16)17)1-2-9(8)13-6-14-10/h1-2,5-6H,3-4H2,(H2,11,18,19)(H,12,13,14). The minimum absolute atomic E-state index is 0.0492. The van der Waals surface area contributed by atoms with Gasteiger partial charge in [-0.1, -0.05) is 0 Å². The first-order chi connectivity index (χ1) is 9.37. The molecule has 0 aliphatic rings. The van der Waals surface area contributed by atoms with Gasteiger partial charge < -0.3 is 5.32 Å². The van der Waals surface area contributed by atoms with Gasteiger partial charge in [-0.05, 0) is 6.07 Å². The first kappa shape index (κ1) is 14.1. The first-order valence-electron chi connectivity index (χ1n) is 5.50. The minimum Gasteiger partial charge on any atom is -0.368 e. The average Bonchev–Trinajstić information content (AvgIpc) is 2.37. The van der Waals surface area contributed by atoms with E-state index in [0.717, 1.165) is 0 Å². The highest BCUT2D eigenvalue weighted by molar-refractivity contribution is 7.89. The Bertz CT molecular complexity index is 761. The van der Waals surface area contributed by atoms with E-state index >= 15 is 0 Å². The number of sulfonamides is 1. The van der Waals surface area contributed by atoms with Crippen molar-refractivity contribution < 1.29 is 13.3 Å². The Morgan fingerprint density at radius 2 is 2.10 bits per heavy atom. The Morgan fingerprint density at radius 3 is 2.75 bits per heavy atom. The number of aromatic nitrogens is 2. The van der Waals surface area contributed by atoms with Crippen molar-refractivity contribution in [3.05, 3.63) is 34.6 Å². The van der Waals surface area contributed by atoms with Crippen molar-refractivity contribution in [3.8, 4) is 0 Å². The molecule has 0 aliphatic heterocycles. The van der Waals surface area contributed by atoms with Gasteiger partial charge in [0.15, 0.2) is 0 Å². The fourth-order valence-electron chi connectivity index (χ4n) is 1.61. The van der Waals surface area contributed by atoms with Crippen LogP contribution in [0.2, 0.25) is 0 Å². The molecule has 2 aromatic rings. The molecule has 10 heteroatoms. The number of nitrogens with one attached hydrogen (secondary N) is 1. The SMILES string of the molecule is NS(=O)(=O)CCNc1ncnc2ccc([N+](=O)[O-])cc12. The molecule has 3 N–H and O–H groups in total. The van der Waals surface area contributed by atoms with Gasteiger partial charge in [-0.2, -0.15) is 0 Å². The topological polar surface area (TPSA) is 141 Å². The van der Waals surface area contributed by atoms with Crippen LogP contribution in [0.5, 0.6) is 0 Å². The summed E-state index contributed by atoms with van der Waals surface area (Å²) < 4.78 is 21.7. The normalized spacial score (nSPS) is 11.4. The number of fused-ring (bicyclic) bond motifs is 1. The van der Waals surface area contributed by atoms with Gasteiger partial charge in [-0.15, -0.1) is 0 Å². The Kier molecular flexibility index (Phi) is 3.77. The molecule has 0 spiro atoms. The first-order valence-corrected chi connectivity index (χ1v) is 7.22. The number of hydrogen-bond acceptors (Lipinski definition) is 7. The number of nitro benzene ring substituents is 1. The molecule has 0 radical (unpaired) electrons. The fraction of sp³-hybridized carbons (Fsp3) is 0.200. The lowest BCUT2D eigenvalue weighted by Crippen LogP contribution is -2.22. The van der Waals surface area contributed by atoms with Gasteiger partial charge in [0.05, 0.1) is 16.2 Å². The largest absolute Gasteiger partial charge is 0.368 e. The van der Waals surface area contributed by atoms with Crippen LogP contribution in [0.1, 0.15) is 0 Å². The summed E-state index contributed by atoms with van der Waals surface area (Å²) >= 11 is 0. The number of nitro groups is 1. The molecule has 1 aromatic heterocycles. The molecule has 0 amide bonds. The highest BCUT2D eigenvalue weighted by Gasteiger charge is 2.11. The molecule has 106 valence electrons. The van der Waals surface area contributed by atoms with Gasteiger partial charge in [0.1, 0.15) is 12.1 Å². The summed E-state index contributed by atoms with van der Waals surface area (Å²) in [6, 6.07) is 4.16. The number of nitrogens with two attached hydrogens (primary N) is 1. The van der Waals surface area contributed by atoms with Crippen molar-refractivity contribution in [2.75, 3.05) is 17.6 Å². The minimum atomic E-state index is -3.58. The fourth-order valence-corrected chi connectivity index (χ4v) is 2.00. The highest BCUT2D eigenvalue weighted by Crippen LogP contribution is 2.23. The molecule has 2 rings (SSSR count). The molecule has 20 heavy (non-hydrogen) atoms. The predicted molar refractivity (Wildman–Crippen MR) is 72.7 cm³/mol. The summed E-state index contributed by atoms with van der Waals surface area (Å²) in [6.07, 6.45) is 1.29. The van der Waals surface area contributed by atoms with Crippen LogP contribution in [0.15, 0.2) is 24.5 Å². The molecule has 9 nitrogen and oxygen atoms in total. The van der Waals surface area contributed by atoms with Gasteiger partial charge in [0.25, 0.3) is 5.69 Å². The monoisotopic (exact) mass is 297 g/mol. The molecule has 0 atom stereocenters. The van der Waals surface area contributed by atoms with Crippen LogP contribution in [-0.4, -0.2) is 35.6 Å². The lowest BCUT2D eigenvalue weighted by Gasteiger charge is -2.07. The van der Waals surface area contributed by atoms with Crippen molar-refractivity contribution in [1.82, 2.24) is 9.97 Å². The second-order valence-electron chi connectivity index (χ2n) is 3.97. The van der Waals surface area contributed by atoms with Crippen molar-refractivity contribution >= 4 is 32.4 Å². The smallest absolute Gasteiger partial charge is 0.270 e. The van der Waals surface area contributed by atoms with Crippen LogP contribution in [0.4, 0.5) is 11.5 Å².